The molecule has 0 bridgehead atoms. The largest absolute Gasteiger partial charge is 0.573 e. The molecule has 68 valence electrons. The quantitative estimate of drug-likeness (QED) is 0.615. The second-order valence-electron chi connectivity index (χ2n) is 2.16. The summed E-state index contributed by atoms with van der Waals surface area (Å²) in [5.41, 5.74) is 0.113. The van der Waals surface area contributed by atoms with E-state index in [0.717, 1.165) is 12.1 Å². The van der Waals surface area contributed by atoms with E-state index in [1.165, 1.54) is 12.1 Å². The van der Waals surface area contributed by atoms with Crippen LogP contribution >= 0.6 is 0 Å². The predicted octanol–water partition coefficient (Wildman–Crippen LogP) is 3.14. The highest BCUT2D eigenvalue weighted by atomic mass is 19.4. The van der Waals surface area contributed by atoms with Crippen LogP contribution in [-0.2, 0) is 0 Å². The van der Waals surface area contributed by atoms with Crippen LogP contribution in [0.2, 0.25) is 0 Å². The lowest BCUT2D eigenvalue weighted by Crippen LogP contribution is -2.16. The Morgan fingerprint density at radius 3 is 2.54 bits per heavy atom. The van der Waals surface area contributed by atoms with Crippen molar-refractivity contribution in [3.63, 3.8) is 0 Å². The monoisotopic (exact) mass is 187 g/mol. The zero-order chi connectivity index (χ0) is 9.90. The molecule has 0 aliphatic heterocycles. The third kappa shape index (κ3) is 3.03. The minimum absolute atomic E-state index is 0.113. The summed E-state index contributed by atoms with van der Waals surface area (Å²) in [6, 6.07) is 4.90. The highest BCUT2D eigenvalue weighted by Gasteiger charge is 2.30. The van der Waals surface area contributed by atoms with E-state index in [-0.39, 0.29) is 11.4 Å². The highest BCUT2D eigenvalue weighted by molar-refractivity contribution is 5.48. The van der Waals surface area contributed by atoms with E-state index in [0.29, 0.717) is 0 Å². The molecule has 1 aromatic rings. The molecule has 0 saturated carbocycles. The van der Waals surface area contributed by atoms with Crippen LogP contribution in [0.1, 0.15) is 0 Å². The van der Waals surface area contributed by atoms with E-state index < -0.39 is 6.36 Å². The van der Waals surface area contributed by atoms with Gasteiger partial charge in [-0.1, -0.05) is 12.1 Å². The minimum Gasteiger partial charge on any atom is -0.407 e. The van der Waals surface area contributed by atoms with Gasteiger partial charge in [0.25, 0.3) is 0 Å². The smallest absolute Gasteiger partial charge is 0.407 e. The molecule has 5 heteroatoms. The minimum atomic E-state index is -4.71. The van der Waals surface area contributed by atoms with Gasteiger partial charge in [-0.3, -0.25) is 0 Å². The molecule has 0 spiro atoms. The predicted molar refractivity (Wildman–Crippen MR) is 39.4 cm³/mol. The number of alkyl halides is 3. The molecule has 0 aliphatic rings. The van der Waals surface area contributed by atoms with Gasteiger partial charge in [-0.2, -0.15) is 0 Å². The zero-order valence-electron chi connectivity index (χ0n) is 6.30. The summed E-state index contributed by atoms with van der Waals surface area (Å²) in [7, 11) is 0. The average Bonchev–Trinajstić information content (AvgIpc) is 2.01. The topological polar surface area (TPSA) is 13.6 Å². The van der Waals surface area contributed by atoms with Crippen LogP contribution in [0.15, 0.2) is 24.3 Å². The molecule has 1 rings (SSSR count). The van der Waals surface area contributed by atoms with Crippen molar-refractivity contribution in [3.05, 3.63) is 35.7 Å². The van der Waals surface area contributed by atoms with Crippen molar-refractivity contribution in [1.29, 1.82) is 0 Å². The summed E-state index contributed by atoms with van der Waals surface area (Å²) in [5.74, 6) is -0.374. The molecule has 0 saturated heterocycles. The van der Waals surface area contributed by atoms with Gasteiger partial charge in [-0.05, 0) is 12.1 Å². The number of ether oxygens (including phenoxy) is 1. The average molecular weight is 187 g/mol. The molecule has 0 aromatic heterocycles. The van der Waals surface area contributed by atoms with Gasteiger partial charge in [0.2, 0.25) is 0 Å². The van der Waals surface area contributed by atoms with Gasteiger partial charge < -0.3 is 4.74 Å². The molecule has 13 heavy (non-hydrogen) atoms. The SMILES string of the molecule is [C-]#[N+]c1cccc(OC(F)(F)F)c1. The Hall–Kier alpha value is -1.70. The Kier molecular flexibility index (Phi) is 2.42. The van der Waals surface area contributed by atoms with Gasteiger partial charge >= 0.3 is 6.36 Å². The first-order valence-corrected chi connectivity index (χ1v) is 3.24. The summed E-state index contributed by atoms with van der Waals surface area (Å²) in [5, 5.41) is 0. The van der Waals surface area contributed by atoms with Gasteiger partial charge in [0.1, 0.15) is 5.75 Å². The standard InChI is InChI=1S/C8H4F3NO/c1-12-6-3-2-4-7(5-6)13-8(9,10)11/h2-5H. The fourth-order valence-corrected chi connectivity index (χ4v) is 0.750. The number of hydrogen-bond donors (Lipinski definition) is 0. The maximum atomic E-state index is 11.7. The molecule has 1 aromatic carbocycles. The number of halogens is 3. The summed E-state index contributed by atoms with van der Waals surface area (Å²) in [4.78, 5) is 2.96. The van der Waals surface area contributed by atoms with E-state index >= 15 is 0 Å². The van der Waals surface area contributed by atoms with Crippen LogP contribution in [0.5, 0.6) is 5.75 Å². The summed E-state index contributed by atoms with van der Waals surface area (Å²) in [6.45, 7) is 6.56. The van der Waals surface area contributed by atoms with E-state index in [1.54, 1.807) is 0 Å². The van der Waals surface area contributed by atoms with Crippen molar-refractivity contribution >= 4 is 5.69 Å². The van der Waals surface area contributed by atoms with Crippen LogP contribution in [0.25, 0.3) is 4.85 Å². The van der Waals surface area contributed by atoms with E-state index in [2.05, 4.69) is 9.58 Å². The number of rotatable bonds is 1. The maximum Gasteiger partial charge on any atom is 0.573 e. The first-order valence-electron chi connectivity index (χ1n) is 3.24. The van der Waals surface area contributed by atoms with E-state index in [1.807, 2.05) is 0 Å². The third-order valence-corrected chi connectivity index (χ3v) is 1.18. The Bertz CT molecular complexity index is 340. The first kappa shape index (κ1) is 9.39. The third-order valence-electron chi connectivity index (χ3n) is 1.18. The van der Waals surface area contributed by atoms with Crippen LogP contribution in [0.4, 0.5) is 18.9 Å². The molecular formula is C8H4F3NO. The molecule has 0 unspecified atom stereocenters. The van der Waals surface area contributed by atoms with E-state index in [9.17, 15) is 13.2 Å². The Morgan fingerprint density at radius 1 is 1.31 bits per heavy atom. The van der Waals surface area contributed by atoms with Gasteiger partial charge in [0.05, 0.1) is 6.57 Å². The highest BCUT2D eigenvalue weighted by Crippen LogP contribution is 2.25. The number of benzene rings is 1. The Labute approximate surface area is 72.4 Å². The molecule has 0 aliphatic carbocycles. The first-order chi connectivity index (χ1) is 6.01. The lowest BCUT2D eigenvalue weighted by atomic mass is 10.3. The normalized spacial score (nSPS) is 10.6. The second kappa shape index (κ2) is 3.35. The zero-order valence-corrected chi connectivity index (χ0v) is 6.30. The molecule has 0 amide bonds. The van der Waals surface area contributed by atoms with Crippen LogP contribution in [0, 0.1) is 6.57 Å². The van der Waals surface area contributed by atoms with Crippen LogP contribution in [-0.4, -0.2) is 6.36 Å². The van der Waals surface area contributed by atoms with Crippen LogP contribution in [0.3, 0.4) is 0 Å². The molecule has 0 fully saturated rings. The van der Waals surface area contributed by atoms with Crippen molar-refractivity contribution in [1.82, 2.24) is 0 Å². The molecule has 0 heterocycles. The van der Waals surface area contributed by atoms with Crippen LogP contribution < -0.4 is 4.74 Å². The maximum absolute atomic E-state index is 11.7. The molecule has 0 radical (unpaired) electrons. The molecule has 0 N–H and O–H groups in total. The molecular weight excluding hydrogens is 183 g/mol. The fraction of sp³-hybridized carbons (Fsp3) is 0.125. The Balaban J connectivity index is 2.86. The van der Waals surface area contributed by atoms with Crippen molar-refractivity contribution in [2.24, 2.45) is 0 Å². The van der Waals surface area contributed by atoms with Crippen molar-refractivity contribution < 1.29 is 17.9 Å². The summed E-state index contributed by atoms with van der Waals surface area (Å²) < 4.78 is 38.6. The van der Waals surface area contributed by atoms with Gasteiger partial charge in [-0.25, -0.2) is 4.85 Å². The van der Waals surface area contributed by atoms with Gasteiger partial charge in [0.15, 0.2) is 5.69 Å². The molecule has 0 atom stereocenters. The summed E-state index contributed by atoms with van der Waals surface area (Å²) >= 11 is 0. The van der Waals surface area contributed by atoms with Crippen molar-refractivity contribution in [3.8, 4) is 5.75 Å². The fourth-order valence-electron chi connectivity index (χ4n) is 0.750. The lowest BCUT2D eigenvalue weighted by molar-refractivity contribution is -0.274. The Morgan fingerprint density at radius 2 is 2.00 bits per heavy atom. The van der Waals surface area contributed by atoms with Gasteiger partial charge in [-0.15, -0.1) is 13.2 Å². The number of hydrogen-bond acceptors (Lipinski definition) is 1. The van der Waals surface area contributed by atoms with Gasteiger partial charge in [0, 0.05) is 0 Å². The van der Waals surface area contributed by atoms with Crippen molar-refractivity contribution in [2.75, 3.05) is 0 Å². The molecule has 2 nitrogen and oxygen atoms in total. The van der Waals surface area contributed by atoms with Crippen molar-refractivity contribution in [2.45, 2.75) is 6.36 Å². The summed E-state index contributed by atoms with van der Waals surface area (Å²) in [6.07, 6.45) is -4.71. The van der Waals surface area contributed by atoms with E-state index in [4.69, 9.17) is 6.57 Å². The second-order valence-corrected chi connectivity index (χ2v) is 2.16. The lowest BCUT2D eigenvalue weighted by Gasteiger charge is -2.08. The number of nitrogens with zero attached hydrogens (tertiary/aromatic N) is 1.